The molecule has 1 fully saturated rings. The minimum Gasteiger partial charge on any atom is -0.481 e. The highest BCUT2D eigenvalue weighted by Crippen LogP contribution is 2.15. The molecule has 5 heteroatoms. The van der Waals surface area contributed by atoms with Crippen LogP contribution < -0.4 is 5.32 Å². The van der Waals surface area contributed by atoms with Gasteiger partial charge in [-0.05, 0) is 13.8 Å². The zero-order valence-corrected chi connectivity index (χ0v) is 10.3. The lowest BCUT2D eigenvalue weighted by atomic mass is 9.97. The number of carboxylic acids is 1. The van der Waals surface area contributed by atoms with Crippen LogP contribution in [0.15, 0.2) is 0 Å². The second-order valence-electron chi connectivity index (χ2n) is 5.05. The maximum Gasteiger partial charge on any atom is 0.304 e. The average Bonchev–Trinajstić information content (AvgIpc) is 2.10. The Balaban J connectivity index is 2.51. The lowest BCUT2D eigenvalue weighted by molar-refractivity contribution is -0.138. The molecule has 1 atom stereocenters. The highest BCUT2D eigenvalue weighted by molar-refractivity contribution is 5.67. The number of ether oxygens (including phenoxy) is 1. The molecule has 0 bridgehead atoms. The minimum atomic E-state index is -0.748. The molecular weight excluding hydrogens is 208 g/mol. The molecule has 1 aliphatic heterocycles. The van der Waals surface area contributed by atoms with Crippen molar-refractivity contribution in [2.45, 2.75) is 31.8 Å². The van der Waals surface area contributed by atoms with Crippen molar-refractivity contribution in [3.8, 4) is 0 Å². The average molecular weight is 230 g/mol. The fourth-order valence-corrected chi connectivity index (χ4v) is 2.30. The molecule has 0 aromatic carbocycles. The van der Waals surface area contributed by atoms with E-state index in [1.807, 2.05) is 0 Å². The van der Waals surface area contributed by atoms with E-state index in [0.717, 1.165) is 19.6 Å². The number of methoxy groups -OCH3 is 1. The molecule has 0 saturated carbocycles. The number of hydrogen-bond acceptors (Lipinski definition) is 4. The highest BCUT2D eigenvalue weighted by atomic mass is 16.5. The van der Waals surface area contributed by atoms with Crippen LogP contribution in [0.5, 0.6) is 0 Å². The van der Waals surface area contributed by atoms with Crippen molar-refractivity contribution >= 4 is 5.97 Å². The van der Waals surface area contributed by atoms with Crippen LogP contribution in [0.2, 0.25) is 0 Å². The summed E-state index contributed by atoms with van der Waals surface area (Å²) in [5.74, 6) is -0.748. The Labute approximate surface area is 96.8 Å². The molecule has 0 amide bonds. The van der Waals surface area contributed by atoms with E-state index in [4.69, 9.17) is 9.84 Å². The van der Waals surface area contributed by atoms with Crippen molar-refractivity contribution in [3.05, 3.63) is 0 Å². The van der Waals surface area contributed by atoms with E-state index in [-0.39, 0.29) is 18.0 Å². The molecule has 94 valence electrons. The predicted molar refractivity (Wildman–Crippen MR) is 61.6 cm³/mol. The molecule has 16 heavy (non-hydrogen) atoms. The third-order valence-electron chi connectivity index (χ3n) is 2.72. The quantitative estimate of drug-likeness (QED) is 0.704. The Hall–Kier alpha value is -0.650. The number of hydrogen-bond donors (Lipinski definition) is 2. The molecule has 1 unspecified atom stereocenters. The van der Waals surface area contributed by atoms with Gasteiger partial charge in [0.05, 0.1) is 13.0 Å². The van der Waals surface area contributed by atoms with E-state index in [9.17, 15) is 4.79 Å². The maximum absolute atomic E-state index is 10.7. The zero-order valence-electron chi connectivity index (χ0n) is 10.3. The Morgan fingerprint density at radius 3 is 2.88 bits per heavy atom. The first-order valence-corrected chi connectivity index (χ1v) is 5.64. The van der Waals surface area contributed by atoms with Crippen molar-refractivity contribution in [2.75, 3.05) is 33.4 Å². The number of carbonyl (C=O) groups is 1. The van der Waals surface area contributed by atoms with Crippen LogP contribution in [-0.4, -0.2) is 60.9 Å². The molecule has 1 heterocycles. The molecule has 2 N–H and O–H groups in total. The molecule has 0 spiro atoms. The van der Waals surface area contributed by atoms with E-state index < -0.39 is 5.97 Å². The lowest BCUT2D eigenvalue weighted by Gasteiger charge is -2.43. The number of nitrogens with one attached hydrogen (secondary N) is 1. The summed E-state index contributed by atoms with van der Waals surface area (Å²) in [6.07, 6.45) is 0.174. The maximum atomic E-state index is 10.7. The van der Waals surface area contributed by atoms with Gasteiger partial charge >= 0.3 is 5.97 Å². The van der Waals surface area contributed by atoms with Crippen LogP contribution in [0.4, 0.5) is 0 Å². The third kappa shape index (κ3) is 4.47. The van der Waals surface area contributed by atoms with Crippen LogP contribution in [0, 0.1) is 0 Å². The molecule has 1 rings (SSSR count). The predicted octanol–water partition coefficient (Wildman–Crippen LogP) is 0.160. The van der Waals surface area contributed by atoms with Crippen LogP contribution in [-0.2, 0) is 9.53 Å². The van der Waals surface area contributed by atoms with E-state index in [0.29, 0.717) is 6.61 Å². The Bertz CT molecular complexity index is 243. The van der Waals surface area contributed by atoms with Gasteiger partial charge in [0, 0.05) is 38.3 Å². The van der Waals surface area contributed by atoms with E-state index in [1.165, 1.54) is 0 Å². The van der Waals surface area contributed by atoms with Crippen molar-refractivity contribution in [2.24, 2.45) is 0 Å². The van der Waals surface area contributed by atoms with Crippen molar-refractivity contribution < 1.29 is 14.6 Å². The summed E-state index contributed by atoms with van der Waals surface area (Å²) in [4.78, 5) is 13.0. The van der Waals surface area contributed by atoms with E-state index in [1.54, 1.807) is 7.11 Å². The lowest BCUT2D eigenvalue weighted by Crippen LogP contribution is -2.62. The first kappa shape index (κ1) is 13.4. The standard InChI is InChI=1S/C11H22N2O3/c1-11(2)8-13(4-5-16-3)7-9(12-11)6-10(14)15/h9,12H,4-8H2,1-3H3,(H,14,15). The van der Waals surface area contributed by atoms with Gasteiger partial charge in [-0.1, -0.05) is 0 Å². The van der Waals surface area contributed by atoms with Gasteiger partial charge in [0.2, 0.25) is 0 Å². The summed E-state index contributed by atoms with van der Waals surface area (Å²) >= 11 is 0. The number of nitrogens with zero attached hydrogens (tertiary/aromatic N) is 1. The first-order valence-electron chi connectivity index (χ1n) is 5.64. The SMILES string of the molecule is COCCN1CC(CC(=O)O)NC(C)(C)C1. The molecule has 0 aliphatic carbocycles. The summed E-state index contributed by atoms with van der Waals surface area (Å²) in [7, 11) is 1.68. The summed E-state index contributed by atoms with van der Waals surface area (Å²) in [6.45, 7) is 7.45. The summed E-state index contributed by atoms with van der Waals surface area (Å²) in [5.41, 5.74) is -0.0356. The van der Waals surface area contributed by atoms with Crippen molar-refractivity contribution in [1.82, 2.24) is 10.2 Å². The zero-order chi connectivity index (χ0) is 12.2. The number of carboxylic acid groups (broad SMARTS) is 1. The van der Waals surface area contributed by atoms with Gasteiger partial charge in [-0.15, -0.1) is 0 Å². The Morgan fingerprint density at radius 2 is 2.31 bits per heavy atom. The van der Waals surface area contributed by atoms with Gasteiger partial charge in [-0.3, -0.25) is 9.69 Å². The molecular formula is C11H22N2O3. The van der Waals surface area contributed by atoms with Gasteiger partial charge in [0.1, 0.15) is 0 Å². The summed E-state index contributed by atoms with van der Waals surface area (Å²) in [5, 5.41) is 12.2. The highest BCUT2D eigenvalue weighted by Gasteiger charge is 2.32. The smallest absolute Gasteiger partial charge is 0.304 e. The molecule has 0 radical (unpaired) electrons. The molecule has 1 aliphatic rings. The molecule has 5 nitrogen and oxygen atoms in total. The van der Waals surface area contributed by atoms with Gasteiger partial charge in [-0.25, -0.2) is 0 Å². The fourth-order valence-electron chi connectivity index (χ4n) is 2.30. The Kier molecular flexibility index (Phi) is 4.70. The van der Waals surface area contributed by atoms with E-state index in [2.05, 4.69) is 24.1 Å². The van der Waals surface area contributed by atoms with Gasteiger partial charge in [0.15, 0.2) is 0 Å². The second-order valence-corrected chi connectivity index (χ2v) is 5.05. The van der Waals surface area contributed by atoms with Crippen LogP contribution in [0.1, 0.15) is 20.3 Å². The van der Waals surface area contributed by atoms with Crippen LogP contribution >= 0.6 is 0 Å². The first-order chi connectivity index (χ1) is 7.43. The van der Waals surface area contributed by atoms with Crippen LogP contribution in [0.25, 0.3) is 0 Å². The molecule has 0 aromatic heterocycles. The third-order valence-corrected chi connectivity index (χ3v) is 2.72. The second kappa shape index (κ2) is 5.61. The minimum absolute atomic E-state index is 0.0260. The normalized spacial score (nSPS) is 25.6. The van der Waals surface area contributed by atoms with Gasteiger partial charge in [0.25, 0.3) is 0 Å². The summed E-state index contributed by atoms with van der Waals surface area (Å²) in [6, 6.07) is 0.0260. The van der Waals surface area contributed by atoms with Crippen molar-refractivity contribution in [1.29, 1.82) is 0 Å². The number of aliphatic carboxylic acids is 1. The number of piperazine rings is 1. The number of rotatable bonds is 5. The van der Waals surface area contributed by atoms with Gasteiger partial charge < -0.3 is 15.2 Å². The Morgan fingerprint density at radius 1 is 1.62 bits per heavy atom. The topological polar surface area (TPSA) is 61.8 Å². The molecule has 1 saturated heterocycles. The molecule has 0 aromatic rings. The fraction of sp³-hybridized carbons (Fsp3) is 0.909. The van der Waals surface area contributed by atoms with Crippen LogP contribution in [0.3, 0.4) is 0 Å². The van der Waals surface area contributed by atoms with E-state index >= 15 is 0 Å². The summed E-state index contributed by atoms with van der Waals surface area (Å²) < 4.78 is 5.05. The van der Waals surface area contributed by atoms with Gasteiger partial charge in [-0.2, -0.15) is 0 Å². The monoisotopic (exact) mass is 230 g/mol. The largest absolute Gasteiger partial charge is 0.481 e. The van der Waals surface area contributed by atoms with Crippen molar-refractivity contribution in [3.63, 3.8) is 0 Å².